The highest BCUT2D eigenvalue weighted by Gasteiger charge is 2.04. The lowest BCUT2D eigenvalue weighted by atomic mass is 10.2. The lowest BCUT2D eigenvalue weighted by Crippen LogP contribution is -2.21. The van der Waals surface area contributed by atoms with Crippen LogP contribution in [-0.2, 0) is 0 Å². The van der Waals surface area contributed by atoms with Crippen LogP contribution in [0.4, 0.5) is 11.4 Å². The van der Waals surface area contributed by atoms with Crippen molar-refractivity contribution in [3.05, 3.63) is 60.2 Å². The van der Waals surface area contributed by atoms with E-state index in [0.717, 1.165) is 0 Å². The minimum atomic E-state index is -0.157. The Morgan fingerprint density at radius 1 is 0.947 bits per heavy atom. The molecule has 0 aromatic heterocycles. The minimum Gasteiger partial charge on any atom is -0.370 e. The molecule has 2 aromatic rings. The highest BCUT2D eigenvalue weighted by molar-refractivity contribution is 6.04. The van der Waals surface area contributed by atoms with Crippen LogP contribution >= 0.6 is 0 Å². The van der Waals surface area contributed by atoms with Crippen molar-refractivity contribution >= 4 is 23.2 Å². The van der Waals surface area contributed by atoms with Crippen molar-refractivity contribution < 1.29 is 4.79 Å². The average Bonchev–Trinajstić information content (AvgIpc) is 2.41. The van der Waals surface area contributed by atoms with E-state index in [1.165, 1.54) is 0 Å². The molecule has 0 aliphatic rings. The maximum Gasteiger partial charge on any atom is 0.255 e. The van der Waals surface area contributed by atoms with Gasteiger partial charge in [-0.05, 0) is 36.4 Å². The number of aliphatic imine (C=N–C) groups is 1. The molecule has 5 heteroatoms. The molecule has 0 saturated carbocycles. The molecule has 0 aliphatic heterocycles. The molecule has 0 aliphatic carbocycles. The van der Waals surface area contributed by atoms with Crippen molar-refractivity contribution in [3.8, 4) is 0 Å². The van der Waals surface area contributed by atoms with E-state index < -0.39 is 0 Å². The first-order chi connectivity index (χ1) is 9.15. The van der Waals surface area contributed by atoms with E-state index in [9.17, 15) is 4.79 Å². The maximum atomic E-state index is 11.9. The van der Waals surface area contributed by atoms with Crippen molar-refractivity contribution in [2.75, 3.05) is 5.32 Å². The molecule has 0 atom stereocenters. The van der Waals surface area contributed by atoms with Gasteiger partial charge in [0.15, 0.2) is 5.96 Å². The number of nitrogens with two attached hydrogens (primary N) is 2. The number of nitrogens with one attached hydrogen (secondary N) is 1. The topological polar surface area (TPSA) is 93.5 Å². The van der Waals surface area contributed by atoms with Gasteiger partial charge in [0.25, 0.3) is 5.91 Å². The molecule has 5 N–H and O–H groups in total. The zero-order valence-corrected chi connectivity index (χ0v) is 10.2. The quantitative estimate of drug-likeness (QED) is 0.576. The molecular formula is C14H14N4O. The summed E-state index contributed by atoms with van der Waals surface area (Å²) in [5, 5.41) is 2.79. The van der Waals surface area contributed by atoms with Crippen LogP contribution in [0.5, 0.6) is 0 Å². The molecule has 0 fully saturated rings. The van der Waals surface area contributed by atoms with Crippen LogP contribution in [0, 0.1) is 0 Å². The number of amides is 1. The van der Waals surface area contributed by atoms with E-state index in [-0.39, 0.29) is 11.9 Å². The fourth-order valence-electron chi connectivity index (χ4n) is 1.56. The van der Waals surface area contributed by atoms with Crippen molar-refractivity contribution in [1.82, 2.24) is 0 Å². The Kier molecular flexibility index (Phi) is 3.78. The van der Waals surface area contributed by atoms with Gasteiger partial charge in [0.1, 0.15) is 0 Å². The Labute approximate surface area is 111 Å². The lowest BCUT2D eigenvalue weighted by Gasteiger charge is -2.05. The number of hydrogen-bond donors (Lipinski definition) is 3. The number of benzene rings is 2. The minimum absolute atomic E-state index is 0.000992. The third kappa shape index (κ3) is 3.57. The third-order valence-electron chi connectivity index (χ3n) is 2.42. The summed E-state index contributed by atoms with van der Waals surface area (Å²) in [6.07, 6.45) is 0. The SMILES string of the molecule is NC(N)=Nc1ccc(NC(=O)c2ccccc2)cc1. The summed E-state index contributed by atoms with van der Waals surface area (Å²) in [4.78, 5) is 15.8. The largest absolute Gasteiger partial charge is 0.370 e. The van der Waals surface area contributed by atoms with Crippen LogP contribution < -0.4 is 16.8 Å². The number of rotatable bonds is 3. The first-order valence-electron chi connectivity index (χ1n) is 5.71. The molecule has 1 amide bonds. The van der Waals surface area contributed by atoms with Gasteiger partial charge in [0, 0.05) is 11.3 Å². The van der Waals surface area contributed by atoms with E-state index in [1.807, 2.05) is 18.2 Å². The number of anilines is 1. The molecule has 5 nitrogen and oxygen atoms in total. The molecule has 0 unspecified atom stereocenters. The predicted octanol–water partition coefficient (Wildman–Crippen LogP) is 1.84. The Balaban J connectivity index is 2.08. The number of guanidine groups is 1. The number of carbonyl (C=O) groups excluding carboxylic acids is 1. The predicted molar refractivity (Wildman–Crippen MR) is 76.3 cm³/mol. The van der Waals surface area contributed by atoms with E-state index in [0.29, 0.717) is 16.9 Å². The van der Waals surface area contributed by atoms with Gasteiger partial charge >= 0.3 is 0 Å². The highest BCUT2D eigenvalue weighted by Crippen LogP contribution is 2.16. The zero-order valence-electron chi connectivity index (χ0n) is 10.2. The number of nitrogens with zero attached hydrogens (tertiary/aromatic N) is 1. The Morgan fingerprint density at radius 2 is 1.58 bits per heavy atom. The first kappa shape index (κ1) is 12.6. The summed E-state index contributed by atoms with van der Waals surface area (Å²) >= 11 is 0. The fourth-order valence-corrected chi connectivity index (χ4v) is 1.56. The van der Waals surface area contributed by atoms with Gasteiger partial charge in [-0.1, -0.05) is 18.2 Å². The van der Waals surface area contributed by atoms with Crippen LogP contribution in [0.2, 0.25) is 0 Å². The summed E-state index contributed by atoms with van der Waals surface area (Å²) in [5.41, 5.74) is 12.5. The van der Waals surface area contributed by atoms with E-state index >= 15 is 0 Å². The van der Waals surface area contributed by atoms with Gasteiger partial charge in [-0.3, -0.25) is 4.79 Å². The summed E-state index contributed by atoms with van der Waals surface area (Å²) < 4.78 is 0. The monoisotopic (exact) mass is 254 g/mol. The molecule has 0 spiro atoms. The second-order valence-corrected chi connectivity index (χ2v) is 3.90. The van der Waals surface area contributed by atoms with Crippen LogP contribution in [0.25, 0.3) is 0 Å². The number of carbonyl (C=O) groups is 1. The summed E-state index contributed by atoms with van der Waals surface area (Å²) in [5.74, 6) is -0.156. The molecular weight excluding hydrogens is 240 g/mol. The van der Waals surface area contributed by atoms with Gasteiger partial charge in [-0.25, -0.2) is 4.99 Å². The van der Waals surface area contributed by atoms with Crippen molar-refractivity contribution in [3.63, 3.8) is 0 Å². The molecule has 96 valence electrons. The summed E-state index contributed by atoms with van der Waals surface area (Å²) in [7, 11) is 0. The normalized spacial score (nSPS) is 9.68. The summed E-state index contributed by atoms with van der Waals surface area (Å²) in [6, 6.07) is 15.9. The van der Waals surface area contributed by atoms with Crippen molar-refractivity contribution in [2.24, 2.45) is 16.5 Å². The molecule has 0 heterocycles. The van der Waals surface area contributed by atoms with E-state index in [1.54, 1.807) is 36.4 Å². The lowest BCUT2D eigenvalue weighted by molar-refractivity contribution is 0.102. The zero-order chi connectivity index (χ0) is 13.7. The number of hydrogen-bond acceptors (Lipinski definition) is 2. The maximum absolute atomic E-state index is 11.9. The Hall–Kier alpha value is -2.82. The Morgan fingerprint density at radius 3 is 2.16 bits per heavy atom. The van der Waals surface area contributed by atoms with Crippen molar-refractivity contribution in [2.45, 2.75) is 0 Å². The second-order valence-electron chi connectivity index (χ2n) is 3.90. The Bertz CT molecular complexity index is 587. The van der Waals surface area contributed by atoms with Crippen molar-refractivity contribution in [1.29, 1.82) is 0 Å². The van der Waals surface area contributed by atoms with E-state index in [2.05, 4.69) is 10.3 Å². The molecule has 0 saturated heterocycles. The van der Waals surface area contributed by atoms with Crippen LogP contribution in [0.1, 0.15) is 10.4 Å². The van der Waals surface area contributed by atoms with Crippen LogP contribution in [0.3, 0.4) is 0 Å². The smallest absolute Gasteiger partial charge is 0.255 e. The fraction of sp³-hybridized carbons (Fsp3) is 0. The third-order valence-corrected chi connectivity index (χ3v) is 2.42. The second kappa shape index (κ2) is 5.68. The summed E-state index contributed by atoms with van der Waals surface area (Å²) in [6.45, 7) is 0. The average molecular weight is 254 g/mol. The van der Waals surface area contributed by atoms with Gasteiger partial charge in [0.2, 0.25) is 0 Å². The first-order valence-corrected chi connectivity index (χ1v) is 5.71. The van der Waals surface area contributed by atoms with Crippen LogP contribution in [0.15, 0.2) is 59.6 Å². The molecule has 19 heavy (non-hydrogen) atoms. The van der Waals surface area contributed by atoms with Gasteiger partial charge in [0.05, 0.1) is 5.69 Å². The van der Waals surface area contributed by atoms with Gasteiger partial charge in [-0.15, -0.1) is 0 Å². The molecule has 0 radical (unpaired) electrons. The molecule has 0 bridgehead atoms. The molecule has 2 aromatic carbocycles. The standard InChI is InChI=1S/C14H14N4O/c15-14(16)18-12-8-6-11(7-9-12)17-13(19)10-4-2-1-3-5-10/h1-9H,(H,17,19)(H4,15,16,18). The van der Waals surface area contributed by atoms with Gasteiger partial charge in [-0.2, -0.15) is 0 Å². The highest BCUT2D eigenvalue weighted by atomic mass is 16.1. The van der Waals surface area contributed by atoms with E-state index in [4.69, 9.17) is 11.5 Å². The van der Waals surface area contributed by atoms with Gasteiger partial charge < -0.3 is 16.8 Å². The van der Waals surface area contributed by atoms with Crippen LogP contribution in [-0.4, -0.2) is 11.9 Å². The molecule has 2 rings (SSSR count).